The Morgan fingerprint density at radius 2 is 1.64 bits per heavy atom. The Morgan fingerprint density at radius 1 is 0.974 bits per heavy atom. The molecular weight excluding hydrogens is 544 g/mol. The predicted octanol–water partition coefficient (Wildman–Crippen LogP) is 3.89. The average Bonchev–Trinajstić information content (AvgIpc) is 3.37. The van der Waals surface area contributed by atoms with Gasteiger partial charge in [0.1, 0.15) is 0 Å². The molecule has 0 spiro atoms. The summed E-state index contributed by atoms with van der Waals surface area (Å²) >= 11 is 5.93. The first kappa shape index (κ1) is 28.8. The zero-order valence-corrected chi connectivity index (χ0v) is 23.0. The van der Waals surface area contributed by atoms with E-state index in [2.05, 4.69) is 10.6 Å². The minimum atomic E-state index is -4.02. The minimum Gasteiger partial charge on any atom is -0.481 e. The summed E-state index contributed by atoms with van der Waals surface area (Å²) in [6.45, 7) is -0.0904. The van der Waals surface area contributed by atoms with Gasteiger partial charge in [0.15, 0.2) is 6.17 Å². The molecule has 2 aliphatic rings. The van der Waals surface area contributed by atoms with Crippen molar-refractivity contribution in [2.75, 3.05) is 18.4 Å². The van der Waals surface area contributed by atoms with Gasteiger partial charge in [0.05, 0.1) is 12.2 Å². The van der Waals surface area contributed by atoms with Crippen molar-refractivity contribution in [3.8, 4) is 0 Å². The van der Waals surface area contributed by atoms with Gasteiger partial charge >= 0.3 is 12.0 Å². The summed E-state index contributed by atoms with van der Waals surface area (Å²) in [5, 5.41) is 15.5. The number of benzene rings is 2. The molecule has 1 saturated heterocycles. The van der Waals surface area contributed by atoms with Crippen molar-refractivity contribution in [2.24, 2.45) is 5.92 Å². The summed E-state index contributed by atoms with van der Waals surface area (Å²) in [5.41, 5.74) is 0.979. The molecule has 0 aromatic heterocycles. The number of carboxylic acids is 1. The van der Waals surface area contributed by atoms with E-state index >= 15 is 0 Å². The van der Waals surface area contributed by atoms with Crippen LogP contribution in [0.1, 0.15) is 44.1 Å². The molecule has 1 saturated carbocycles. The van der Waals surface area contributed by atoms with E-state index in [-0.39, 0.29) is 31.2 Å². The standard InChI is InChI=1S/C27H33ClN4O6S/c28-21-11-13-22(14-12-21)29-27(36)31-15-16-32(39(37,38)18-19-7-3-1-4-8-19)26(31)25(35)30-23(17-24(33)34)20-9-5-2-6-10-20/h1,3-4,7-8,11-14,20,23,26H,2,5-6,9-10,15-18H2,(H,29,36)(H,30,35)(H,33,34). The number of carboxylic acid groups (broad SMARTS) is 1. The van der Waals surface area contributed by atoms with Crippen molar-refractivity contribution in [2.45, 2.75) is 56.5 Å². The molecule has 210 valence electrons. The van der Waals surface area contributed by atoms with Crippen LogP contribution >= 0.6 is 11.6 Å². The molecule has 2 fully saturated rings. The Kier molecular flexibility index (Phi) is 9.47. The highest BCUT2D eigenvalue weighted by Gasteiger charge is 2.47. The van der Waals surface area contributed by atoms with Gasteiger partial charge in [-0.2, -0.15) is 4.31 Å². The van der Waals surface area contributed by atoms with Crippen LogP contribution in [0.3, 0.4) is 0 Å². The zero-order valence-electron chi connectivity index (χ0n) is 21.5. The number of carbonyl (C=O) groups excluding carboxylic acids is 2. The average molecular weight is 577 g/mol. The number of halogens is 1. The van der Waals surface area contributed by atoms with Crippen LogP contribution in [-0.2, 0) is 25.4 Å². The van der Waals surface area contributed by atoms with Gasteiger partial charge < -0.3 is 15.7 Å². The van der Waals surface area contributed by atoms with Crippen LogP contribution in [0, 0.1) is 5.92 Å². The quantitative estimate of drug-likeness (QED) is 0.414. The van der Waals surface area contributed by atoms with Crippen molar-refractivity contribution < 1.29 is 27.9 Å². The number of rotatable bonds is 9. The molecule has 3 N–H and O–H groups in total. The summed E-state index contributed by atoms with van der Waals surface area (Å²) in [5.74, 6) is -2.15. The Balaban J connectivity index is 1.60. The second-order valence-corrected chi connectivity index (χ2v) is 12.3. The maximum atomic E-state index is 13.8. The van der Waals surface area contributed by atoms with Crippen molar-refractivity contribution in [1.82, 2.24) is 14.5 Å². The molecule has 2 atom stereocenters. The smallest absolute Gasteiger partial charge is 0.323 e. The fourth-order valence-corrected chi connectivity index (χ4v) is 7.08. The highest BCUT2D eigenvalue weighted by Crippen LogP contribution is 2.29. The van der Waals surface area contributed by atoms with Gasteiger partial charge in [0, 0.05) is 29.8 Å². The molecule has 39 heavy (non-hydrogen) atoms. The van der Waals surface area contributed by atoms with E-state index in [1.165, 1.54) is 4.90 Å². The van der Waals surface area contributed by atoms with Gasteiger partial charge in [-0.25, -0.2) is 13.2 Å². The van der Waals surface area contributed by atoms with E-state index in [0.29, 0.717) is 16.3 Å². The number of nitrogens with zero attached hydrogens (tertiary/aromatic N) is 2. The molecule has 1 aliphatic heterocycles. The number of anilines is 1. The summed E-state index contributed by atoms with van der Waals surface area (Å²) in [7, 11) is -4.02. The van der Waals surface area contributed by atoms with Crippen LogP contribution < -0.4 is 10.6 Å². The van der Waals surface area contributed by atoms with Crippen LogP contribution in [0.25, 0.3) is 0 Å². The topological polar surface area (TPSA) is 136 Å². The Labute approximate surface area is 233 Å². The molecule has 1 aliphatic carbocycles. The van der Waals surface area contributed by atoms with Crippen molar-refractivity contribution in [3.63, 3.8) is 0 Å². The normalized spacial score (nSPS) is 19.4. The Morgan fingerprint density at radius 3 is 2.28 bits per heavy atom. The van der Waals surface area contributed by atoms with E-state index in [0.717, 1.165) is 36.4 Å². The van der Waals surface area contributed by atoms with Crippen molar-refractivity contribution in [3.05, 3.63) is 65.2 Å². The lowest BCUT2D eigenvalue weighted by atomic mass is 9.82. The number of aliphatic carboxylic acids is 1. The third kappa shape index (κ3) is 7.49. The molecule has 2 aromatic rings. The van der Waals surface area contributed by atoms with Crippen LogP contribution in [-0.4, -0.2) is 65.9 Å². The first-order chi connectivity index (χ1) is 18.6. The Bertz CT molecular complexity index is 1270. The van der Waals surface area contributed by atoms with E-state index in [4.69, 9.17) is 11.6 Å². The van der Waals surface area contributed by atoms with Gasteiger partial charge in [-0.3, -0.25) is 14.5 Å². The number of nitrogens with one attached hydrogen (secondary N) is 2. The maximum Gasteiger partial charge on any atom is 0.323 e. The second kappa shape index (κ2) is 12.8. The third-order valence-electron chi connectivity index (χ3n) is 7.21. The number of urea groups is 1. The van der Waals surface area contributed by atoms with Crippen LogP contribution in [0.2, 0.25) is 5.02 Å². The first-order valence-electron chi connectivity index (χ1n) is 13.0. The van der Waals surface area contributed by atoms with Gasteiger partial charge in [-0.1, -0.05) is 61.2 Å². The summed E-state index contributed by atoms with van der Waals surface area (Å²) in [6.07, 6.45) is 2.74. The fourth-order valence-electron chi connectivity index (χ4n) is 5.30. The van der Waals surface area contributed by atoms with Crippen LogP contribution in [0.4, 0.5) is 10.5 Å². The molecule has 0 bridgehead atoms. The van der Waals surface area contributed by atoms with E-state index < -0.39 is 40.1 Å². The number of hydrogen-bond donors (Lipinski definition) is 3. The lowest BCUT2D eigenvalue weighted by molar-refractivity contribution is -0.138. The second-order valence-electron chi connectivity index (χ2n) is 9.97. The molecule has 4 rings (SSSR count). The van der Waals surface area contributed by atoms with Crippen LogP contribution in [0.15, 0.2) is 54.6 Å². The Hall–Kier alpha value is -3.15. The first-order valence-corrected chi connectivity index (χ1v) is 15.0. The molecule has 2 aromatic carbocycles. The zero-order chi connectivity index (χ0) is 28.0. The van der Waals surface area contributed by atoms with Crippen LogP contribution in [0.5, 0.6) is 0 Å². The monoisotopic (exact) mass is 576 g/mol. The van der Waals surface area contributed by atoms with E-state index in [1.807, 2.05) is 0 Å². The molecule has 2 unspecified atom stereocenters. The van der Waals surface area contributed by atoms with Crippen molar-refractivity contribution >= 4 is 45.2 Å². The number of carbonyl (C=O) groups is 3. The number of amides is 3. The largest absolute Gasteiger partial charge is 0.481 e. The molecule has 12 heteroatoms. The number of hydrogen-bond acceptors (Lipinski definition) is 5. The molecule has 10 nitrogen and oxygen atoms in total. The fraction of sp³-hybridized carbons (Fsp3) is 0.444. The minimum absolute atomic E-state index is 0.0153. The molecular formula is C27H33ClN4O6S. The lowest BCUT2D eigenvalue weighted by Crippen LogP contribution is -2.57. The maximum absolute atomic E-state index is 13.8. The van der Waals surface area contributed by atoms with Gasteiger partial charge in [0.25, 0.3) is 5.91 Å². The van der Waals surface area contributed by atoms with Gasteiger partial charge in [-0.05, 0) is 48.6 Å². The number of sulfonamides is 1. The summed E-state index contributed by atoms with van der Waals surface area (Å²) in [6, 6.07) is 13.7. The SMILES string of the molecule is O=C(O)CC(NC(=O)C1N(C(=O)Nc2ccc(Cl)cc2)CCN1S(=O)(=O)Cc1ccccc1)C1CCCCC1. The highest BCUT2D eigenvalue weighted by atomic mass is 35.5. The van der Waals surface area contributed by atoms with E-state index in [1.54, 1.807) is 54.6 Å². The summed E-state index contributed by atoms with van der Waals surface area (Å²) < 4.78 is 28.1. The molecule has 1 heterocycles. The van der Waals surface area contributed by atoms with Gasteiger partial charge in [-0.15, -0.1) is 0 Å². The van der Waals surface area contributed by atoms with Crippen molar-refractivity contribution in [1.29, 1.82) is 0 Å². The lowest BCUT2D eigenvalue weighted by Gasteiger charge is -2.34. The highest BCUT2D eigenvalue weighted by molar-refractivity contribution is 7.88. The van der Waals surface area contributed by atoms with Gasteiger partial charge in [0.2, 0.25) is 10.0 Å². The van der Waals surface area contributed by atoms with E-state index in [9.17, 15) is 27.9 Å². The summed E-state index contributed by atoms with van der Waals surface area (Å²) in [4.78, 5) is 39.9. The predicted molar refractivity (Wildman–Crippen MR) is 147 cm³/mol. The third-order valence-corrected chi connectivity index (χ3v) is 9.26. The molecule has 3 amide bonds. The molecule has 0 radical (unpaired) electrons.